The lowest BCUT2D eigenvalue weighted by Gasteiger charge is -2.06. The van der Waals surface area contributed by atoms with Gasteiger partial charge in [0.25, 0.3) is 0 Å². The number of fused-ring (bicyclic) bond motifs is 1. The number of ether oxygens (including phenoxy) is 2. The maximum atomic E-state index is 5.40. The molecule has 1 N–H and O–H groups in total. The maximum absolute atomic E-state index is 5.40. The molecule has 0 bridgehead atoms. The summed E-state index contributed by atoms with van der Waals surface area (Å²) >= 11 is 8.71. The van der Waals surface area contributed by atoms with Gasteiger partial charge < -0.3 is 14.8 Å². The summed E-state index contributed by atoms with van der Waals surface area (Å²) in [5.74, 6) is 1.61. The Bertz CT molecular complexity index is 600. The molecule has 1 aliphatic rings. The molecule has 1 aromatic heterocycles. The number of halogens is 2. The van der Waals surface area contributed by atoms with Gasteiger partial charge in [-0.2, -0.15) is 0 Å². The molecule has 0 fully saturated rings. The zero-order chi connectivity index (χ0) is 13.2. The molecule has 0 unspecified atom stereocenters. The third kappa shape index (κ3) is 3.13. The first-order chi connectivity index (χ1) is 9.22. The number of benzene rings is 1. The summed E-state index contributed by atoms with van der Waals surface area (Å²) in [6, 6.07) is 8.27. The Kier molecular flexibility index (Phi) is 4.12. The van der Waals surface area contributed by atoms with Crippen LogP contribution in [0.25, 0.3) is 0 Å². The van der Waals surface area contributed by atoms with E-state index in [2.05, 4.69) is 55.4 Å². The molecule has 19 heavy (non-hydrogen) atoms. The third-order valence-corrected chi connectivity index (χ3v) is 4.96. The van der Waals surface area contributed by atoms with Crippen molar-refractivity contribution >= 4 is 43.2 Å². The minimum atomic E-state index is 0.300. The van der Waals surface area contributed by atoms with Gasteiger partial charge >= 0.3 is 0 Å². The molecular weight excluding hydrogens is 394 g/mol. The van der Waals surface area contributed by atoms with Crippen LogP contribution < -0.4 is 14.8 Å². The molecule has 3 rings (SSSR count). The second-order valence-corrected chi connectivity index (χ2v) is 7.52. The van der Waals surface area contributed by atoms with E-state index in [1.165, 1.54) is 10.4 Å². The van der Waals surface area contributed by atoms with E-state index in [9.17, 15) is 0 Å². The first-order valence-electron chi connectivity index (χ1n) is 5.75. The van der Waals surface area contributed by atoms with E-state index in [-0.39, 0.29) is 0 Å². The van der Waals surface area contributed by atoms with Crippen molar-refractivity contribution in [3.63, 3.8) is 0 Å². The molecule has 1 aromatic carbocycles. The first-order valence-corrected chi connectivity index (χ1v) is 8.15. The minimum Gasteiger partial charge on any atom is -0.454 e. The highest BCUT2D eigenvalue weighted by Crippen LogP contribution is 2.39. The Morgan fingerprint density at radius 2 is 2.05 bits per heavy atom. The molecule has 100 valence electrons. The fraction of sp³-hybridized carbons (Fsp3) is 0.231. The number of hydrogen-bond acceptors (Lipinski definition) is 4. The van der Waals surface area contributed by atoms with Gasteiger partial charge in [0.1, 0.15) is 0 Å². The van der Waals surface area contributed by atoms with Gasteiger partial charge in [0.15, 0.2) is 11.5 Å². The Morgan fingerprint density at radius 1 is 1.16 bits per heavy atom. The smallest absolute Gasteiger partial charge is 0.231 e. The highest BCUT2D eigenvalue weighted by molar-refractivity contribution is 9.11. The van der Waals surface area contributed by atoms with Crippen LogP contribution in [-0.4, -0.2) is 6.79 Å². The fourth-order valence-corrected chi connectivity index (χ4v) is 3.96. The van der Waals surface area contributed by atoms with Crippen molar-refractivity contribution in [1.82, 2.24) is 5.32 Å². The third-order valence-electron chi connectivity index (χ3n) is 2.74. The second kappa shape index (κ2) is 5.83. The summed E-state index contributed by atoms with van der Waals surface area (Å²) < 4.78 is 12.9. The second-order valence-electron chi connectivity index (χ2n) is 4.12. The van der Waals surface area contributed by atoms with Crippen LogP contribution in [0.3, 0.4) is 0 Å². The van der Waals surface area contributed by atoms with Crippen LogP contribution in [0.1, 0.15) is 10.4 Å². The van der Waals surface area contributed by atoms with E-state index in [0.717, 1.165) is 32.8 Å². The normalized spacial score (nSPS) is 12.9. The largest absolute Gasteiger partial charge is 0.454 e. The number of thiophene rings is 1. The van der Waals surface area contributed by atoms with Crippen LogP contribution >= 0.6 is 43.2 Å². The predicted molar refractivity (Wildman–Crippen MR) is 82.8 cm³/mol. The van der Waals surface area contributed by atoms with Gasteiger partial charge in [-0.1, -0.05) is 0 Å². The Balaban J connectivity index is 1.63. The molecule has 2 heterocycles. The lowest BCUT2D eigenvalue weighted by molar-refractivity contribution is 0.173. The SMILES string of the molecule is Brc1ccc(CNCc2cc(Br)c3c(c2)OCO3)s1. The monoisotopic (exact) mass is 403 g/mol. The average molecular weight is 405 g/mol. The van der Waals surface area contributed by atoms with Gasteiger partial charge in [-0.25, -0.2) is 0 Å². The van der Waals surface area contributed by atoms with Gasteiger partial charge in [0.2, 0.25) is 6.79 Å². The molecule has 0 saturated carbocycles. The molecule has 0 atom stereocenters. The highest BCUT2D eigenvalue weighted by Gasteiger charge is 2.17. The maximum Gasteiger partial charge on any atom is 0.231 e. The average Bonchev–Trinajstić information content (AvgIpc) is 2.98. The molecule has 2 aromatic rings. The van der Waals surface area contributed by atoms with Gasteiger partial charge in [0, 0.05) is 18.0 Å². The van der Waals surface area contributed by atoms with Crippen molar-refractivity contribution in [2.75, 3.05) is 6.79 Å². The Morgan fingerprint density at radius 3 is 2.84 bits per heavy atom. The number of rotatable bonds is 4. The van der Waals surface area contributed by atoms with Crippen LogP contribution in [0.5, 0.6) is 11.5 Å². The summed E-state index contributed by atoms with van der Waals surface area (Å²) in [7, 11) is 0. The zero-order valence-electron chi connectivity index (χ0n) is 9.91. The van der Waals surface area contributed by atoms with Crippen molar-refractivity contribution in [3.8, 4) is 11.5 Å². The first kappa shape index (κ1) is 13.4. The standard InChI is InChI=1S/C13H11Br2NO2S/c14-10-3-8(4-11-13(10)18-7-17-11)5-16-6-9-1-2-12(15)19-9/h1-4,16H,5-7H2. The lowest BCUT2D eigenvalue weighted by Crippen LogP contribution is -2.11. The molecule has 3 nitrogen and oxygen atoms in total. The fourth-order valence-electron chi connectivity index (χ4n) is 1.90. The number of nitrogens with one attached hydrogen (secondary N) is 1. The highest BCUT2D eigenvalue weighted by atomic mass is 79.9. The Labute approximate surface area is 132 Å². The molecule has 6 heteroatoms. The van der Waals surface area contributed by atoms with E-state index in [0.29, 0.717) is 6.79 Å². The predicted octanol–water partition coefficient (Wildman–Crippen LogP) is 4.29. The molecule has 0 saturated heterocycles. The van der Waals surface area contributed by atoms with E-state index in [1.807, 2.05) is 6.07 Å². The summed E-state index contributed by atoms with van der Waals surface area (Å²) in [5, 5.41) is 3.42. The van der Waals surface area contributed by atoms with Crippen molar-refractivity contribution in [1.29, 1.82) is 0 Å². The Hall–Kier alpha value is -0.560. The van der Waals surface area contributed by atoms with E-state index < -0.39 is 0 Å². The lowest BCUT2D eigenvalue weighted by atomic mass is 10.2. The van der Waals surface area contributed by atoms with Gasteiger partial charge in [0.05, 0.1) is 8.26 Å². The van der Waals surface area contributed by atoms with E-state index in [1.54, 1.807) is 11.3 Å². The van der Waals surface area contributed by atoms with Crippen molar-refractivity contribution < 1.29 is 9.47 Å². The van der Waals surface area contributed by atoms with Crippen LogP contribution in [-0.2, 0) is 13.1 Å². The molecular formula is C13H11Br2NO2S. The van der Waals surface area contributed by atoms with Crippen molar-refractivity contribution in [2.24, 2.45) is 0 Å². The zero-order valence-corrected chi connectivity index (χ0v) is 13.9. The van der Waals surface area contributed by atoms with E-state index in [4.69, 9.17) is 9.47 Å². The van der Waals surface area contributed by atoms with Crippen LogP contribution in [0.15, 0.2) is 32.5 Å². The summed E-state index contributed by atoms with van der Waals surface area (Å²) in [6.07, 6.45) is 0. The molecule has 0 amide bonds. The van der Waals surface area contributed by atoms with Gasteiger partial charge in [-0.05, 0) is 61.7 Å². The minimum absolute atomic E-state index is 0.300. The van der Waals surface area contributed by atoms with Crippen LogP contribution in [0.2, 0.25) is 0 Å². The van der Waals surface area contributed by atoms with Crippen LogP contribution in [0.4, 0.5) is 0 Å². The molecule has 0 aliphatic carbocycles. The quantitative estimate of drug-likeness (QED) is 0.824. The molecule has 1 aliphatic heterocycles. The summed E-state index contributed by atoms with van der Waals surface area (Å²) in [5.41, 5.74) is 1.17. The van der Waals surface area contributed by atoms with Crippen molar-refractivity contribution in [2.45, 2.75) is 13.1 Å². The van der Waals surface area contributed by atoms with Gasteiger partial charge in [-0.15, -0.1) is 11.3 Å². The summed E-state index contributed by atoms with van der Waals surface area (Å²) in [6.45, 7) is 1.96. The summed E-state index contributed by atoms with van der Waals surface area (Å²) in [4.78, 5) is 1.31. The number of hydrogen-bond donors (Lipinski definition) is 1. The van der Waals surface area contributed by atoms with E-state index >= 15 is 0 Å². The van der Waals surface area contributed by atoms with Gasteiger partial charge in [-0.3, -0.25) is 0 Å². The van der Waals surface area contributed by atoms with Crippen molar-refractivity contribution in [3.05, 3.63) is 43.0 Å². The topological polar surface area (TPSA) is 30.5 Å². The molecule has 0 spiro atoms. The van der Waals surface area contributed by atoms with Crippen LogP contribution in [0, 0.1) is 0 Å². The molecule has 0 radical (unpaired) electrons.